The predicted molar refractivity (Wildman–Crippen MR) is 106 cm³/mol. The number of piperidine rings is 1. The van der Waals surface area contributed by atoms with Crippen LogP contribution < -0.4 is 16.0 Å². The Hall–Kier alpha value is -2.37. The Morgan fingerprint density at radius 2 is 1.85 bits per heavy atom. The minimum Gasteiger partial charge on any atom is -0.389 e. The van der Waals surface area contributed by atoms with Crippen LogP contribution in [-0.2, 0) is 6.54 Å². The Labute approximate surface area is 154 Å². The summed E-state index contributed by atoms with van der Waals surface area (Å²) in [7, 11) is 0. The second kappa shape index (κ2) is 7.09. The normalized spacial score (nSPS) is 19.2. The van der Waals surface area contributed by atoms with Crippen molar-refractivity contribution < 1.29 is 5.11 Å². The van der Waals surface area contributed by atoms with Gasteiger partial charge in [0.05, 0.1) is 23.0 Å². The quantitative estimate of drug-likeness (QED) is 0.687. The summed E-state index contributed by atoms with van der Waals surface area (Å²) >= 11 is 0. The van der Waals surface area contributed by atoms with Crippen molar-refractivity contribution in [3.05, 3.63) is 59.7 Å². The number of para-hydroxylation sites is 2. The van der Waals surface area contributed by atoms with E-state index in [0.29, 0.717) is 6.54 Å². The van der Waals surface area contributed by atoms with Gasteiger partial charge in [-0.1, -0.05) is 36.4 Å². The van der Waals surface area contributed by atoms with Crippen LogP contribution in [-0.4, -0.2) is 29.6 Å². The zero-order valence-electron chi connectivity index (χ0n) is 15.1. The largest absolute Gasteiger partial charge is 0.389 e. The van der Waals surface area contributed by atoms with E-state index < -0.39 is 6.10 Å². The Bertz CT molecular complexity index is 809. The average molecular weight is 350 g/mol. The minimum absolute atomic E-state index is 0.153. The first kappa shape index (κ1) is 17.1. The van der Waals surface area contributed by atoms with Crippen LogP contribution >= 0.6 is 0 Å². The van der Waals surface area contributed by atoms with Crippen LogP contribution in [0.1, 0.15) is 37.0 Å². The molecule has 2 aromatic carbocycles. The van der Waals surface area contributed by atoms with Crippen LogP contribution in [0.3, 0.4) is 0 Å². The molecule has 0 bridgehead atoms. The summed E-state index contributed by atoms with van der Waals surface area (Å²) in [6, 6.07) is 16.2. The molecule has 0 aromatic heterocycles. The number of amidine groups is 1. The first-order valence-corrected chi connectivity index (χ1v) is 9.35. The molecule has 1 saturated heterocycles. The number of nitrogens with one attached hydrogen (secondary N) is 3. The summed E-state index contributed by atoms with van der Waals surface area (Å²) in [4.78, 5) is 4.96. The molecule has 0 radical (unpaired) electrons. The van der Waals surface area contributed by atoms with E-state index in [1.165, 1.54) is 0 Å². The molecule has 1 fully saturated rings. The van der Waals surface area contributed by atoms with Crippen molar-refractivity contribution in [1.29, 1.82) is 0 Å². The molecular weight excluding hydrogens is 324 g/mol. The molecule has 1 spiro atoms. The second-order valence-electron chi connectivity index (χ2n) is 7.16. The number of benzene rings is 2. The molecule has 0 aliphatic carbocycles. The van der Waals surface area contributed by atoms with E-state index in [2.05, 4.69) is 28.1 Å². The van der Waals surface area contributed by atoms with Crippen molar-refractivity contribution in [3.63, 3.8) is 0 Å². The van der Waals surface area contributed by atoms with Gasteiger partial charge in [-0.2, -0.15) is 0 Å². The lowest BCUT2D eigenvalue weighted by molar-refractivity contribution is 0.198. The summed E-state index contributed by atoms with van der Waals surface area (Å²) in [6.45, 7) is 4.41. The number of aliphatic imine (C=N–C) groups is 1. The third-order valence-electron chi connectivity index (χ3n) is 5.37. The maximum Gasteiger partial charge on any atom is 0.128 e. The van der Waals surface area contributed by atoms with E-state index in [0.717, 1.165) is 54.3 Å². The van der Waals surface area contributed by atoms with Crippen molar-refractivity contribution in [2.24, 2.45) is 4.99 Å². The highest BCUT2D eigenvalue weighted by molar-refractivity contribution is 6.00. The van der Waals surface area contributed by atoms with Crippen LogP contribution in [0, 0.1) is 0 Å². The van der Waals surface area contributed by atoms with Gasteiger partial charge >= 0.3 is 0 Å². The standard InChI is InChI=1S/C21H26N4O/c1-15(26)17-7-3-2-6-16(17)14-23-20-21(10-12-22-13-11-21)25-19-9-5-4-8-18(19)24-20/h2-9,15,22,25-26H,10-14H2,1H3,(H,23,24). The molecular formula is C21H26N4O. The van der Waals surface area contributed by atoms with Gasteiger partial charge in [0.2, 0.25) is 0 Å². The summed E-state index contributed by atoms with van der Waals surface area (Å²) in [5.41, 5.74) is 3.99. The fraction of sp³-hybridized carbons (Fsp3) is 0.381. The molecule has 2 aliphatic heterocycles. The molecule has 4 N–H and O–H groups in total. The van der Waals surface area contributed by atoms with Gasteiger partial charge in [-0.15, -0.1) is 0 Å². The van der Waals surface area contributed by atoms with Gasteiger partial charge in [0.1, 0.15) is 5.84 Å². The van der Waals surface area contributed by atoms with E-state index in [-0.39, 0.29) is 5.54 Å². The second-order valence-corrected chi connectivity index (χ2v) is 7.16. The summed E-state index contributed by atoms with van der Waals surface area (Å²) in [6.07, 6.45) is 1.50. The Morgan fingerprint density at radius 1 is 1.12 bits per heavy atom. The number of nitrogens with zero attached hydrogens (tertiary/aromatic N) is 1. The van der Waals surface area contributed by atoms with Gasteiger partial charge in [0.15, 0.2) is 0 Å². The number of fused-ring (bicyclic) bond motifs is 1. The van der Waals surface area contributed by atoms with Gasteiger partial charge in [0.25, 0.3) is 0 Å². The smallest absolute Gasteiger partial charge is 0.128 e. The van der Waals surface area contributed by atoms with Crippen molar-refractivity contribution in [2.75, 3.05) is 18.4 Å². The number of rotatable bonds is 3. The van der Waals surface area contributed by atoms with Gasteiger partial charge in [-0.25, -0.2) is 4.99 Å². The van der Waals surface area contributed by atoms with Crippen LogP contribution in [0.4, 0.5) is 11.4 Å². The lowest BCUT2D eigenvalue weighted by Crippen LogP contribution is -2.58. The predicted octanol–water partition coefficient (Wildman–Crippen LogP) is 3.11. The topological polar surface area (TPSA) is 68.7 Å². The molecule has 2 aromatic rings. The molecule has 0 saturated carbocycles. The van der Waals surface area contributed by atoms with E-state index in [1.54, 1.807) is 0 Å². The molecule has 2 aliphatic rings. The van der Waals surface area contributed by atoms with Crippen molar-refractivity contribution >= 4 is 17.2 Å². The molecule has 4 rings (SSSR count). The number of anilines is 1. The lowest BCUT2D eigenvalue weighted by atomic mass is 9.85. The van der Waals surface area contributed by atoms with Crippen molar-refractivity contribution in [1.82, 2.24) is 10.6 Å². The first-order valence-electron chi connectivity index (χ1n) is 9.35. The maximum atomic E-state index is 10.0. The third-order valence-corrected chi connectivity index (χ3v) is 5.37. The fourth-order valence-electron chi connectivity index (χ4n) is 3.93. The minimum atomic E-state index is -0.479. The summed E-state index contributed by atoms with van der Waals surface area (Å²) in [5.74, 6) is 0.998. The maximum absolute atomic E-state index is 10.0. The van der Waals surface area contributed by atoms with E-state index in [9.17, 15) is 5.11 Å². The third kappa shape index (κ3) is 3.20. The number of aliphatic hydroxyl groups excluding tert-OH is 1. The van der Waals surface area contributed by atoms with E-state index >= 15 is 0 Å². The number of hydrogen-bond acceptors (Lipinski definition) is 5. The number of aliphatic hydroxyl groups is 1. The van der Waals surface area contributed by atoms with Crippen molar-refractivity contribution in [3.8, 4) is 0 Å². The molecule has 5 nitrogen and oxygen atoms in total. The highest BCUT2D eigenvalue weighted by Crippen LogP contribution is 2.36. The summed E-state index contributed by atoms with van der Waals surface area (Å²) in [5, 5.41) is 20.8. The Kier molecular flexibility index (Phi) is 4.66. The van der Waals surface area contributed by atoms with E-state index in [1.807, 2.05) is 43.3 Å². The Morgan fingerprint density at radius 3 is 2.65 bits per heavy atom. The van der Waals surface area contributed by atoms with Crippen LogP contribution in [0.2, 0.25) is 0 Å². The fourth-order valence-corrected chi connectivity index (χ4v) is 3.93. The van der Waals surface area contributed by atoms with Gasteiger partial charge in [-0.05, 0) is 56.1 Å². The first-order chi connectivity index (χ1) is 12.7. The monoisotopic (exact) mass is 350 g/mol. The summed E-state index contributed by atoms with van der Waals surface area (Å²) < 4.78 is 0. The number of hydrogen-bond donors (Lipinski definition) is 4. The molecule has 136 valence electrons. The lowest BCUT2D eigenvalue weighted by Gasteiger charge is -2.43. The SMILES string of the molecule is CC(O)c1ccccc1CNC1=Nc2ccccc2NC12CCNCC2. The molecule has 2 heterocycles. The molecule has 1 atom stereocenters. The highest BCUT2D eigenvalue weighted by Gasteiger charge is 2.40. The van der Waals surface area contributed by atoms with E-state index in [4.69, 9.17) is 4.99 Å². The van der Waals surface area contributed by atoms with Gasteiger partial charge in [0, 0.05) is 6.54 Å². The zero-order valence-corrected chi connectivity index (χ0v) is 15.1. The molecule has 5 heteroatoms. The van der Waals surface area contributed by atoms with Crippen LogP contribution in [0.25, 0.3) is 0 Å². The zero-order chi connectivity index (χ0) is 18.0. The molecule has 26 heavy (non-hydrogen) atoms. The van der Waals surface area contributed by atoms with Crippen molar-refractivity contribution in [2.45, 2.75) is 38.0 Å². The van der Waals surface area contributed by atoms with Gasteiger partial charge in [-0.3, -0.25) is 0 Å². The highest BCUT2D eigenvalue weighted by atomic mass is 16.3. The molecule has 0 amide bonds. The van der Waals surface area contributed by atoms with Gasteiger partial charge < -0.3 is 21.1 Å². The van der Waals surface area contributed by atoms with Crippen LogP contribution in [0.15, 0.2) is 53.5 Å². The van der Waals surface area contributed by atoms with Crippen LogP contribution in [0.5, 0.6) is 0 Å². The Balaban J connectivity index is 1.63. The average Bonchev–Trinajstić information content (AvgIpc) is 2.67. The molecule has 1 unspecified atom stereocenters.